The van der Waals surface area contributed by atoms with Gasteiger partial charge in [0.05, 0.1) is 9.75 Å². The van der Waals surface area contributed by atoms with Crippen molar-refractivity contribution in [2.45, 2.75) is 107 Å². The smallest absolute Gasteiger partial charge is 0.0665 e. The first-order chi connectivity index (χ1) is 9.62. The highest BCUT2D eigenvalue weighted by atomic mass is 35.5. The zero-order valence-corrected chi connectivity index (χ0v) is 14.7. The molecule has 2 heteroatoms. The van der Waals surface area contributed by atoms with Crippen molar-refractivity contribution < 1.29 is 0 Å². The van der Waals surface area contributed by atoms with E-state index >= 15 is 0 Å². The molecule has 0 radical (unpaired) electrons. The van der Waals surface area contributed by atoms with Crippen LogP contribution in [0.5, 0.6) is 0 Å². The van der Waals surface area contributed by atoms with Crippen molar-refractivity contribution in [3.63, 3.8) is 0 Å². The van der Waals surface area contributed by atoms with Gasteiger partial charge in [0.1, 0.15) is 0 Å². The van der Waals surface area contributed by atoms with Gasteiger partial charge in [0.15, 0.2) is 0 Å². The maximum absolute atomic E-state index is 7.33. The van der Waals surface area contributed by atoms with E-state index in [1.165, 1.54) is 70.6 Å². The van der Waals surface area contributed by atoms with Gasteiger partial charge in [-0.2, -0.15) is 0 Å². The second kappa shape index (κ2) is 7.73. The third-order valence-corrected chi connectivity index (χ3v) is 7.55. The summed E-state index contributed by atoms with van der Waals surface area (Å²) in [5, 5.41) is 0. The lowest BCUT2D eigenvalue weighted by atomic mass is 9.68. The minimum atomic E-state index is -0.152. The Morgan fingerprint density at radius 2 is 1.25 bits per heavy atom. The van der Waals surface area contributed by atoms with Gasteiger partial charge in [-0.25, -0.2) is 0 Å². The predicted molar refractivity (Wildman–Crippen MR) is 91.0 cm³/mol. The average molecular weight is 319 g/mol. The molecule has 0 aromatic carbocycles. The Morgan fingerprint density at radius 1 is 0.750 bits per heavy atom. The maximum Gasteiger partial charge on any atom is 0.0665 e. The lowest BCUT2D eigenvalue weighted by Gasteiger charge is -2.49. The van der Waals surface area contributed by atoms with Crippen LogP contribution >= 0.6 is 23.2 Å². The summed E-state index contributed by atoms with van der Waals surface area (Å²) in [7, 11) is 0. The fraction of sp³-hybridized carbons (Fsp3) is 1.00. The highest BCUT2D eigenvalue weighted by Crippen LogP contribution is 2.54. The number of rotatable bonds is 2. The van der Waals surface area contributed by atoms with Gasteiger partial charge in [-0.3, -0.25) is 0 Å². The van der Waals surface area contributed by atoms with E-state index < -0.39 is 0 Å². The molecular formula is C18H32Cl2. The Morgan fingerprint density at radius 3 is 1.85 bits per heavy atom. The molecule has 0 aromatic rings. The Bertz CT molecular complexity index is 281. The molecule has 0 heterocycles. The van der Waals surface area contributed by atoms with Crippen LogP contribution in [0.2, 0.25) is 0 Å². The van der Waals surface area contributed by atoms with Gasteiger partial charge in [-0.05, 0) is 31.6 Å². The molecule has 2 fully saturated rings. The molecule has 0 spiro atoms. The van der Waals surface area contributed by atoms with Crippen molar-refractivity contribution >= 4 is 23.2 Å². The zero-order chi connectivity index (χ0) is 14.5. The average Bonchev–Trinajstić information content (AvgIpc) is 2.39. The van der Waals surface area contributed by atoms with Crippen molar-refractivity contribution in [1.82, 2.24) is 0 Å². The fourth-order valence-corrected chi connectivity index (χ4v) is 5.66. The third kappa shape index (κ3) is 3.67. The SMILES string of the molecule is CCC1CCCCCCC1(Cl)C1(Cl)CCCCCCC1. The number of hydrogen-bond donors (Lipinski definition) is 0. The van der Waals surface area contributed by atoms with Crippen molar-refractivity contribution in [3.05, 3.63) is 0 Å². The summed E-state index contributed by atoms with van der Waals surface area (Å²) in [6.45, 7) is 2.31. The molecule has 2 unspecified atom stereocenters. The first-order valence-electron chi connectivity index (χ1n) is 9.00. The molecule has 118 valence electrons. The molecule has 2 saturated carbocycles. The zero-order valence-electron chi connectivity index (χ0n) is 13.2. The molecule has 0 saturated heterocycles. The van der Waals surface area contributed by atoms with E-state index in [-0.39, 0.29) is 9.75 Å². The number of halogens is 2. The van der Waals surface area contributed by atoms with E-state index in [0.717, 1.165) is 19.3 Å². The maximum atomic E-state index is 7.33. The quantitative estimate of drug-likeness (QED) is 0.478. The minimum Gasteiger partial charge on any atom is -0.117 e. The van der Waals surface area contributed by atoms with E-state index in [1.54, 1.807) is 0 Å². The van der Waals surface area contributed by atoms with Gasteiger partial charge in [0.2, 0.25) is 0 Å². The summed E-state index contributed by atoms with van der Waals surface area (Å²) >= 11 is 14.6. The van der Waals surface area contributed by atoms with Crippen molar-refractivity contribution in [3.8, 4) is 0 Å². The second-order valence-corrected chi connectivity index (χ2v) is 8.55. The monoisotopic (exact) mass is 318 g/mol. The van der Waals surface area contributed by atoms with E-state index in [4.69, 9.17) is 23.2 Å². The van der Waals surface area contributed by atoms with E-state index in [0.29, 0.717) is 5.92 Å². The van der Waals surface area contributed by atoms with E-state index in [2.05, 4.69) is 6.92 Å². The molecular weight excluding hydrogens is 287 g/mol. The fourth-order valence-electron chi connectivity index (χ4n) is 4.56. The summed E-state index contributed by atoms with van der Waals surface area (Å²) < 4.78 is 0. The molecule has 0 aliphatic heterocycles. The molecule has 0 amide bonds. The Kier molecular flexibility index (Phi) is 6.54. The normalized spacial score (nSPS) is 36.5. The molecule has 0 bridgehead atoms. The Balaban J connectivity index is 2.20. The van der Waals surface area contributed by atoms with Gasteiger partial charge in [-0.1, -0.05) is 71.1 Å². The van der Waals surface area contributed by atoms with E-state index in [9.17, 15) is 0 Å². The number of hydrogen-bond acceptors (Lipinski definition) is 0. The summed E-state index contributed by atoms with van der Waals surface area (Å²) in [4.78, 5) is -0.298. The largest absolute Gasteiger partial charge is 0.117 e. The van der Waals surface area contributed by atoms with Crippen LogP contribution in [0.4, 0.5) is 0 Å². The highest BCUT2D eigenvalue weighted by molar-refractivity contribution is 6.35. The van der Waals surface area contributed by atoms with Crippen LogP contribution in [0.15, 0.2) is 0 Å². The van der Waals surface area contributed by atoms with Gasteiger partial charge in [-0.15, -0.1) is 23.2 Å². The number of alkyl halides is 2. The Hall–Kier alpha value is 0.580. The molecule has 0 nitrogen and oxygen atoms in total. The van der Waals surface area contributed by atoms with E-state index in [1.807, 2.05) is 0 Å². The summed E-state index contributed by atoms with van der Waals surface area (Å²) in [6.07, 6.45) is 17.9. The second-order valence-electron chi connectivity index (χ2n) is 7.15. The van der Waals surface area contributed by atoms with Crippen molar-refractivity contribution in [2.75, 3.05) is 0 Å². The topological polar surface area (TPSA) is 0 Å². The molecule has 0 aromatic heterocycles. The van der Waals surface area contributed by atoms with Crippen LogP contribution in [-0.2, 0) is 0 Å². The molecule has 20 heavy (non-hydrogen) atoms. The predicted octanol–water partition coefficient (Wildman–Crippen LogP) is 7.07. The van der Waals surface area contributed by atoms with Gasteiger partial charge in [0, 0.05) is 0 Å². The lowest BCUT2D eigenvalue weighted by molar-refractivity contribution is 0.196. The molecule has 2 atom stereocenters. The molecule has 2 aliphatic rings. The van der Waals surface area contributed by atoms with Gasteiger partial charge < -0.3 is 0 Å². The third-order valence-electron chi connectivity index (χ3n) is 5.87. The first kappa shape index (κ1) is 16.9. The molecule has 2 aliphatic carbocycles. The molecule has 2 rings (SSSR count). The van der Waals surface area contributed by atoms with Crippen LogP contribution in [0, 0.1) is 5.92 Å². The molecule has 0 N–H and O–H groups in total. The summed E-state index contributed by atoms with van der Waals surface area (Å²) in [5.74, 6) is 0.612. The van der Waals surface area contributed by atoms with Crippen LogP contribution in [0.1, 0.15) is 96.8 Å². The van der Waals surface area contributed by atoms with Crippen LogP contribution in [-0.4, -0.2) is 9.75 Å². The van der Waals surface area contributed by atoms with Crippen LogP contribution < -0.4 is 0 Å². The van der Waals surface area contributed by atoms with Crippen LogP contribution in [0.3, 0.4) is 0 Å². The minimum absolute atomic E-state index is 0.146. The summed E-state index contributed by atoms with van der Waals surface area (Å²) in [5.41, 5.74) is 0. The lowest BCUT2D eigenvalue weighted by Crippen LogP contribution is -2.51. The highest BCUT2D eigenvalue weighted by Gasteiger charge is 2.52. The Labute approximate surface area is 136 Å². The van der Waals surface area contributed by atoms with Crippen molar-refractivity contribution in [1.29, 1.82) is 0 Å². The van der Waals surface area contributed by atoms with Gasteiger partial charge >= 0.3 is 0 Å². The van der Waals surface area contributed by atoms with Crippen molar-refractivity contribution in [2.24, 2.45) is 5.92 Å². The standard InChI is InChI=1S/C18H32Cl2/c1-2-16-12-8-4-7-11-15-18(16,20)17(19)13-9-5-3-6-10-14-17/h16H,2-15H2,1H3. The summed E-state index contributed by atoms with van der Waals surface area (Å²) in [6, 6.07) is 0. The first-order valence-corrected chi connectivity index (χ1v) is 9.76. The van der Waals surface area contributed by atoms with Crippen LogP contribution in [0.25, 0.3) is 0 Å². The van der Waals surface area contributed by atoms with Gasteiger partial charge in [0.25, 0.3) is 0 Å².